The Hall–Kier alpha value is -1.39. The van der Waals surface area contributed by atoms with Crippen LogP contribution in [0.15, 0.2) is 30.3 Å². The van der Waals surface area contributed by atoms with Crippen LogP contribution in [0.4, 0.5) is 0 Å². The van der Waals surface area contributed by atoms with Crippen LogP contribution in [0.5, 0.6) is 0 Å². The molecule has 0 aromatic heterocycles. The maximum Gasteiger partial charge on any atom is 0.239 e. The van der Waals surface area contributed by atoms with E-state index >= 15 is 0 Å². The molecule has 1 fully saturated rings. The fourth-order valence-corrected chi connectivity index (χ4v) is 2.76. The molecule has 116 valence electrons. The minimum atomic E-state index is -0.334. The first-order chi connectivity index (χ1) is 10.2. The van der Waals surface area contributed by atoms with Crippen molar-refractivity contribution >= 4 is 5.91 Å². The summed E-state index contributed by atoms with van der Waals surface area (Å²) in [6, 6.07) is 9.83. The van der Waals surface area contributed by atoms with E-state index in [2.05, 4.69) is 19.1 Å². The summed E-state index contributed by atoms with van der Waals surface area (Å²) in [6.45, 7) is 5.00. The lowest BCUT2D eigenvalue weighted by molar-refractivity contribution is -0.131. The number of hydrogen-bond acceptors (Lipinski definition) is 3. The molecule has 0 spiro atoms. The van der Waals surface area contributed by atoms with Gasteiger partial charge >= 0.3 is 0 Å². The molecule has 1 aliphatic heterocycles. The molecule has 1 aliphatic rings. The SMILES string of the molecule is CCCC(N)C(=O)N1CCC(COCc2ccccc2)C1. The van der Waals surface area contributed by atoms with Crippen LogP contribution in [0.2, 0.25) is 0 Å². The summed E-state index contributed by atoms with van der Waals surface area (Å²) in [5.41, 5.74) is 7.10. The highest BCUT2D eigenvalue weighted by atomic mass is 16.5. The molecule has 2 N–H and O–H groups in total. The van der Waals surface area contributed by atoms with E-state index in [1.807, 2.05) is 23.1 Å². The van der Waals surface area contributed by atoms with Gasteiger partial charge in [-0.25, -0.2) is 0 Å². The number of carbonyl (C=O) groups is 1. The smallest absolute Gasteiger partial charge is 0.239 e. The summed E-state index contributed by atoms with van der Waals surface area (Å²) in [4.78, 5) is 14.0. The third-order valence-electron chi connectivity index (χ3n) is 3.98. The molecule has 2 atom stereocenters. The lowest BCUT2D eigenvalue weighted by atomic mass is 10.1. The van der Waals surface area contributed by atoms with Crippen molar-refractivity contribution in [3.8, 4) is 0 Å². The van der Waals surface area contributed by atoms with Gasteiger partial charge in [0.15, 0.2) is 0 Å². The third kappa shape index (κ3) is 4.83. The van der Waals surface area contributed by atoms with Gasteiger partial charge in [-0.15, -0.1) is 0 Å². The van der Waals surface area contributed by atoms with E-state index in [9.17, 15) is 4.79 Å². The normalized spacial score (nSPS) is 19.7. The van der Waals surface area contributed by atoms with Crippen LogP contribution in [-0.2, 0) is 16.1 Å². The summed E-state index contributed by atoms with van der Waals surface area (Å²) in [5.74, 6) is 0.536. The topological polar surface area (TPSA) is 55.6 Å². The van der Waals surface area contributed by atoms with Gasteiger partial charge < -0.3 is 15.4 Å². The molecular weight excluding hydrogens is 264 g/mol. The molecule has 2 rings (SSSR count). The van der Waals surface area contributed by atoms with Gasteiger partial charge in [0.2, 0.25) is 5.91 Å². The van der Waals surface area contributed by atoms with Gasteiger partial charge in [-0.05, 0) is 18.4 Å². The first-order valence-corrected chi connectivity index (χ1v) is 7.86. The Morgan fingerprint density at radius 3 is 2.90 bits per heavy atom. The number of rotatable bonds is 7. The second-order valence-corrected chi connectivity index (χ2v) is 5.83. The van der Waals surface area contributed by atoms with E-state index in [0.29, 0.717) is 19.1 Å². The van der Waals surface area contributed by atoms with Gasteiger partial charge in [-0.1, -0.05) is 43.7 Å². The number of ether oxygens (including phenoxy) is 1. The van der Waals surface area contributed by atoms with Gasteiger partial charge in [0.05, 0.1) is 19.3 Å². The fourth-order valence-electron chi connectivity index (χ4n) is 2.76. The number of likely N-dealkylation sites (tertiary alicyclic amines) is 1. The second-order valence-electron chi connectivity index (χ2n) is 5.83. The Kier molecular flexibility index (Phi) is 6.21. The molecule has 1 aromatic carbocycles. The molecule has 2 unspecified atom stereocenters. The first-order valence-electron chi connectivity index (χ1n) is 7.86. The minimum Gasteiger partial charge on any atom is -0.376 e. The molecule has 1 aromatic rings. The number of nitrogens with two attached hydrogens (primary N) is 1. The van der Waals surface area contributed by atoms with Crippen molar-refractivity contribution < 1.29 is 9.53 Å². The number of benzene rings is 1. The predicted octanol–water partition coefficient (Wildman–Crippen LogP) is 2.18. The van der Waals surface area contributed by atoms with Crippen LogP contribution >= 0.6 is 0 Å². The maximum atomic E-state index is 12.1. The monoisotopic (exact) mass is 290 g/mol. The van der Waals surface area contributed by atoms with Crippen molar-refractivity contribution in [3.63, 3.8) is 0 Å². The quantitative estimate of drug-likeness (QED) is 0.837. The highest BCUT2D eigenvalue weighted by Gasteiger charge is 2.28. The Morgan fingerprint density at radius 2 is 2.19 bits per heavy atom. The summed E-state index contributed by atoms with van der Waals surface area (Å²) in [6.07, 6.45) is 2.73. The van der Waals surface area contributed by atoms with E-state index in [1.54, 1.807) is 0 Å². The Morgan fingerprint density at radius 1 is 1.43 bits per heavy atom. The maximum absolute atomic E-state index is 12.1. The largest absolute Gasteiger partial charge is 0.376 e. The molecule has 0 saturated carbocycles. The highest BCUT2D eigenvalue weighted by molar-refractivity contribution is 5.81. The highest BCUT2D eigenvalue weighted by Crippen LogP contribution is 2.18. The molecule has 1 amide bonds. The molecule has 0 aliphatic carbocycles. The van der Waals surface area contributed by atoms with Gasteiger partial charge in [0, 0.05) is 19.0 Å². The summed E-state index contributed by atoms with van der Waals surface area (Å²) >= 11 is 0. The zero-order valence-electron chi connectivity index (χ0n) is 12.8. The predicted molar refractivity (Wildman–Crippen MR) is 83.7 cm³/mol. The van der Waals surface area contributed by atoms with Crippen molar-refractivity contribution in [2.75, 3.05) is 19.7 Å². The van der Waals surface area contributed by atoms with Crippen LogP contribution in [0.25, 0.3) is 0 Å². The molecule has 1 heterocycles. The first kappa shape index (κ1) is 16.0. The molecule has 1 saturated heterocycles. The van der Waals surface area contributed by atoms with Crippen LogP contribution in [0.3, 0.4) is 0 Å². The number of carbonyl (C=O) groups excluding carboxylic acids is 1. The zero-order valence-corrected chi connectivity index (χ0v) is 12.8. The molecule has 21 heavy (non-hydrogen) atoms. The molecular formula is C17H26N2O2. The fraction of sp³-hybridized carbons (Fsp3) is 0.588. The minimum absolute atomic E-state index is 0.0995. The van der Waals surface area contributed by atoms with E-state index < -0.39 is 0 Å². The van der Waals surface area contributed by atoms with E-state index in [1.165, 1.54) is 5.56 Å². The number of amides is 1. The van der Waals surface area contributed by atoms with Gasteiger partial charge in [-0.3, -0.25) is 4.79 Å². The number of nitrogens with zero attached hydrogens (tertiary/aromatic N) is 1. The van der Waals surface area contributed by atoms with Crippen LogP contribution in [0.1, 0.15) is 31.7 Å². The van der Waals surface area contributed by atoms with Gasteiger partial charge in [0.1, 0.15) is 0 Å². The van der Waals surface area contributed by atoms with E-state index in [0.717, 1.165) is 32.4 Å². The van der Waals surface area contributed by atoms with Crippen molar-refractivity contribution in [3.05, 3.63) is 35.9 Å². The van der Waals surface area contributed by atoms with Crippen molar-refractivity contribution in [2.24, 2.45) is 11.7 Å². The van der Waals surface area contributed by atoms with Crippen LogP contribution in [-0.4, -0.2) is 36.5 Å². The molecule has 4 nitrogen and oxygen atoms in total. The summed E-state index contributed by atoms with van der Waals surface area (Å²) < 4.78 is 5.77. The zero-order chi connectivity index (χ0) is 15.1. The lowest BCUT2D eigenvalue weighted by Gasteiger charge is -2.20. The van der Waals surface area contributed by atoms with E-state index in [-0.39, 0.29) is 11.9 Å². The Balaban J connectivity index is 1.69. The van der Waals surface area contributed by atoms with Crippen molar-refractivity contribution in [1.29, 1.82) is 0 Å². The van der Waals surface area contributed by atoms with Gasteiger partial charge in [0.25, 0.3) is 0 Å². The van der Waals surface area contributed by atoms with Crippen LogP contribution < -0.4 is 5.73 Å². The second kappa shape index (κ2) is 8.15. The Labute approximate surface area is 127 Å². The lowest BCUT2D eigenvalue weighted by Crippen LogP contribution is -2.42. The van der Waals surface area contributed by atoms with Crippen molar-refractivity contribution in [1.82, 2.24) is 4.90 Å². The summed E-state index contributed by atoms with van der Waals surface area (Å²) in [7, 11) is 0. The van der Waals surface area contributed by atoms with Gasteiger partial charge in [-0.2, -0.15) is 0 Å². The average molecular weight is 290 g/mol. The average Bonchev–Trinajstić information content (AvgIpc) is 2.96. The third-order valence-corrected chi connectivity index (χ3v) is 3.98. The van der Waals surface area contributed by atoms with Crippen LogP contribution in [0, 0.1) is 5.92 Å². The molecule has 0 radical (unpaired) electrons. The van der Waals surface area contributed by atoms with Crippen molar-refractivity contribution in [2.45, 2.75) is 38.8 Å². The standard InChI is InChI=1S/C17H26N2O2/c1-2-6-16(18)17(20)19-10-9-15(11-19)13-21-12-14-7-4-3-5-8-14/h3-5,7-8,15-16H,2,6,9-13,18H2,1H3. The summed E-state index contributed by atoms with van der Waals surface area (Å²) in [5, 5.41) is 0. The molecule has 4 heteroatoms. The number of hydrogen-bond donors (Lipinski definition) is 1. The molecule has 0 bridgehead atoms. The Bertz CT molecular complexity index is 436. The van der Waals surface area contributed by atoms with E-state index in [4.69, 9.17) is 10.5 Å².